The van der Waals surface area contributed by atoms with Gasteiger partial charge in [0.1, 0.15) is 121 Å². The van der Waals surface area contributed by atoms with E-state index in [9.17, 15) is 87.8 Å². The molecular formula is C90H69F21O3. The van der Waals surface area contributed by atoms with Crippen LogP contribution in [0, 0.1) is 108 Å². The summed E-state index contributed by atoms with van der Waals surface area (Å²) < 4.78 is 316. The van der Waals surface area contributed by atoms with E-state index in [-0.39, 0.29) is 33.4 Å². The van der Waals surface area contributed by atoms with Crippen molar-refractivity contribution in [3.8, 4) is 84.0 Å². The van der Waals surface area contributed by atoms with E-state index in [1.165, 1.54) is 36.4 Å². The summed E-state index contributed by atoms with van der Waals surface area (Å²) in [6.45, 7) is 9.53. The van der Waals surface area contributed by atoms with Gasteiger partial charge >= 0.3 is 18.3 Å². The van der Waals surface area contributed by atoms with Crippen LogP contribution in [0.25, 0.3) is 66.8 Å². The largest absolute Gasteiger partial charge is 0.432 e. The zero-order chi connectivity index (χ0) is 82.8. The van der Waals surface area contributed by atoms with E-state index in [0.29, 0.717) is 89.5 Å². The molecule has 0 aliphatic heterocycles. The molecule has 0 bridgehead atoms. The predicted molar refractivity (Wildman–Crippen MR) is 394 cm³/mol. The standard InChI is InChI=1S/C31H25F7O.C30H23F7O.C29H21F7O/c1-3-4-5-6-19-7-9-20(10-8-19)21-11-12-24(27(34)13-21)22-14-28(35)30(29(36)15-22)31(37,38)39-23-16-25(32)18(2)26(33)17-23;1-3-4-5-18-6-8-19(9-7-18)20-10-11-23(26(33)12-20)21-13-27(34)29(28(35)14-21)30(36,37)38-22-15-24(31)17(2)25(32)16-22;1-3-4-17-5-7-18(8-6-17)19-9-10-22(25(32)11-19)20-12-26(33)28(27(34)13-20)29(35,36)37-21-14-23(30)16(2)24(31)15-21/h7-17H,3-6H2,1-2H3;6-16H,3-5H2,1-2H3;5-15H,3-4H2,1-2H3. The van der Waals surface area contributed by atoms with Crippen LogP contribution >= 0.6 is 0 Å². The van der Waals surface area contributed by atoms with E-state index in [2.05, 4.69) is 35.0 Å². The van der Waals surface area contributed by atoms with Gasteiger partial charge in [0.05, 0.1) is 0 Å². The van der Waals surface area contributed by atoms with Crippen LogP contribution in [0.4, 0.5) is 92.2 Å². The van der Waals surface area contributed by atoms with Gasteiger partial charge in [0.25, 0.3) is 0 Å². The Morgan fingerprint density at radius 1 is 0.219 bits per heavy atom. The van der Waals surface area contributed by atoms with E-state index in [4.69, 9.17) is 0 Å². The van der Waals surface area contributed by atoms with Crippen molar-refractivity contribution < 1.29 is 106 Å². The number of unbranched alkanes of at least 4 members (excludes halogenated alkanes) is 3. The summed E-state index contributed by atoms with van der Waals surface area (Å²) in [5, 5.41) is 0. The molecule has 0 aliphatic carbocycles. The first-order valence-corrected chi connectivity index (χ1v) is 35.7. The lowest BCUT2D eigenvalue weighted by molar-refractivity contribution is -0.190. The highest BCUT2D eigenvalue weighted by atomic mass is 19.3. The number of alkyl halides is 6. The molecule has 24 heteroatoms. The van der Waals surface area contributed by atoms with Crippen molar-refractivity contribution in [1.29, 1.82) is 0 Å². The maximum absolute atomic E-state index is 15.0. The first-order chi connectivity index (χ1) is 54.0. The Morgan fingerprint density at radius 3 is 0.667 bits per heavy atom. The Morgan fingerprint density at radius 2 is 0.439 bits per heavy atom. The lowest BCUT2D eigenvalue weighted by Gasteiger charge is -2.20. The Labute approximate surface area is 642 Å². The Balaban J connectivity index is 0.000000181. The number of hydrogen-bond donors (Lipinski definition) is 0. The van der Waals surface area contributed by atoms with Gasteiger partial charge in [0.15, 0.2) is 0 Å². The summed E-state index contributed by atoms with van der Waals surface area (Å²) in [5.74, 6) is -22.6. The molecule has 12 rings (SSSR count). The van der Waals surface area contributed by atoms with Crippen molar-refractivity contribution in [2.24, 2.45) is 0 Å². The molecule has 0 N–H and O–H groups in total. The van der Waals surface area contributed by atoms with Crippen LogP contribution in [-0.4, -0.2) is 0 Å². The number of rotatable bonds is 24. The summed E-state index contributed by atoms with van der Waals surface area (Å²) in [4.78, 5) is 0. The summed E-state index contributed by atoms with van der Waals surface area (Å²) in [7, 11) is 0. The van der Waals surface area contributed by atoms with Crippen LogP contribution in [-0.2, 0) is 37.6 Å². The van der Waals surface area contributed by atoms with Crippen molar-refractivity contribution >= 4 is 0 Å². The quantitative estimate of drug-likeness (QED) is 0.0446. The number of halogens is 21. The second-order valence-electron chi connectivity index (χ2n) is 26.8. The average molecular weight is 1600 g/mol. The third kappa shape index (κ3) is 20.1. The maximum Gasteiger partial charge on any atom is 0.432 e. The average Bonchev–Trinajstić information content (AvgIpc) is 0.782. The maximum atomic E-state index is 15.0. The van der Waals surface area contributed by atoms with Gasteiger partial charge in [-0.15, -0.1) is 0 Å². The third-order valence-corrected chi connectivity index (χ3v) is 18.6. The normalized spacial score (nSPS) is 11.6. The Hall–Kier alpha value is -11.4. The SMILES string of the molecule is CCCCCc1ccc(-c2ccc(-c3cc(F)c(C(F)(F)Oc4cc(F)c(C)c(F)c4)c(F)c3)c(F)c2)cc1.CCCCc1ccc(-c2ccc(-c3cc(F)c(C(F)(F)Oc4cc(F)c(C)c(F)c4)c(F)c3)c(F)c2)cc1.CCCc1ccc(-c2ccc(-c3cc(F)c(C(F)(F)Oc4cc(F)c(C)c(F)c4)c(F)c3)c(F)c2)cc1. The number of benzene rings is 12. The molecule has 0 amide bonds. The van der Waals surface area contributed by atoms with Crippen molar-refractivity contribution in [2.45, 2.75) is 118 Å². The molecule has 0 spiro atoms. The van der Waals surface area contributed by atoms with Crippen LogP contribution in [0.15, 0.2) is 200 Å². The molecule has 0 aliphatic rings. The van der Waals surface area contributed by atoms with Gasteiger partial charge in [-0.1, -0.05) is 156 Å². The highest BCUT2D eigenvalue weighted by molar-refractivity contribution is 5.75. The van der Waals surface area contributed by atoms with Gasteiger partial charge in [0, 0.05) is 69.8 Å². The lowest BCUT2D eigenvalue weighted by Crippen LogP contribution is -2.25. The second kappa shape index (κ2) is 36.2. The summed E-state index contributed by atoms with van der Waals surface area (Å²) in [6, 6.07) is 41.1. The van der Waals surface area contributed by atoms with Crippen molar-refractivity contribution in [2.75, 3.05) is 0 Å². The fourth-order valence-electron chi connectivity index (χ4n) is 12.3. The number of hydrogen-bond acceptors (Lipinski definition) is 3. The fraction of sp³-hybridized carbons (Fsp3) is 0.200. The fourth-order valence-corrected chi connectivity index (χ4v) is 12.3. The molecule has 0 atom stereocenters. The van der Waals surface area contributed by atoms with E-state index < -0.39 is 156 Å². The minimum absolute atomic E-state index is 0.203. The lowest BCUT2D eigenvalue weighted by atomic mass is 9.97. The highest BCUT2D eigenvalue weighted by Gasteiger charge is 2.44. The molecule has 0 aromatic heterocycles. The molecule has 114 heavy (non-hydrogen) atoms. The highest BCUT2D eigenvalue weighted by Crippen LogP contribution is 2.44. The molecular weight excluding hydrogens is 1530 g/mol. The van der Waals surface area contributed by atoms with Gasteiger partial charge in [-0.3, -0.25) is 0 Å². The molecule has 594 valence electrons. The van der Waals surface area contributed by atoms with Gasteiger partial charge in [-0.2, -0.15) is 26.3 Å². The Kier molecular flexibility index (Phi) is 27.0. The van der Waals surface area contributed by atoms with Crippen LogP contribution < -0.4 is 14.2 Å². The van der Waals surface area contributed by atoms with Crippen molar-refractivity contribution in [3.05, 3.63) is 338 Å². The Bertz CT molecular complexity index is 5310. The van der Waals surface area contributed by atoms with Crippen LogP contribution in [0.1, 0.15) is 109 Å². The van der Waals surface area contributed by atoms with Gasteiger partial charge in [0.2, 0.25) is 0 Å². The molecule has 12 aromatic carbocycles. The zero-order valence-corrected chi connectivity index (χ0v) is 61.6. The van der Waals surface area contributed by atoms with Crippen LogP contribution in [0.5, 0.6) is 17.2 Å². The van der Waals surface area contributed by atoms with E-state index >= 15 is 4.39 Å². The van der Waals surface area contributed by atoms with E-state index in [1.807, 2.05) is 72.8 Å². The van der Waals surface area contributed by atoms with Gasteiger partial charge in [-0.05, 0) is 174 Å². The molecule has 0 radical (unpaired) electrons. The van der Waals surface area contributed by atoms with Crippen LogP contribution in [0.2, 0.25) is 0 Å². The minimum atomic E-state index is -4.62. The van der Waals surface area contributed by atoms with Crippen molar-refractivity contribution in [3.63, 3.8) is 0 Å². The summed E-state index contributed by atoms with van der Waals surface area (Å²) in [6.07, 6.45) is -4.65. The minimum Gasteiger partial charge on any atom is -0.429 e. The molecule has 0 saturated carbocycles. The molecule has 0 saturated heterocycles. The van der Waals surface area contributed by atoms with Gasteiger partial charge in [-0.25, -0.2) is 65.9 Å². The summed E-state index contributed by atoms with van der Waals surface area (Å²) >= 11 is 0. The molecule has 12 aromatic rings. The number of ether oxygens (including phenoxy) is 3. The summed E-state index contributed by atoms with van der Waals surface area (Å²) in [5.41, 5.74) is -0.920. The molecule has 0 unspecified atom stereocenters. The van der Waals surface area contributed by atoms with Crippen molar-refractivity contribution in [1.82, 2.24) is 0 Å². The first kappa shape index (κ1) is 85.0. The molecule has 0 fully saturated rings. The van der Waals surface area contributed by atoms with Gasteiger partial charge < -0.3 is 14.2 Å². The monoisotopic (exact) mass is 1600 g/mol. The smallest absolute Gasteiger partial charge is 0.429 e. The zero-order valence-electron chi connectivity index (χ0n) is 61.6. The number of aryl methyl sites for hydroxylation is 3. The van der Waals surface area contributed by atoms with E-state index in [1.54, 1.807) is 18.2 Å². The van der Waals surface area contributed by atoms with E-state index in [0.717, 1.165) is 112 Å². The second-order valence-corrected chi connectivity index (χ2v) is 26.8. The molecule has 3 nitrogen and oxygen atoms in total. The molecule has 0 heterocycles. The third-order valence-electron chi connectivity index (χ3n) is 18.6. The topological polar surface area (TPSA) is 27.7 Å². The van der Waals surface area contributed by atoms with Crippen LogP contribution in [0.3, 0.4) is 0 Å². The first-order valence-electron chi connectivity index (χ1n) is 35.7. The predicted octanol–water partition coefficient (Wildman–Crippen LogP) is 28.5.